The van der Waals surface area contributed by atoms with Crippen molar-refractivity contribution < 1.29 is 18.3 Å². The van der Waals surface area contributed by atoms with Gasteiger partial charge in [0.05, 0.1) is 8.81 Å². The number of halogens is 2. The molecule has 106 valence electrons. The molecule has 2 heterocycles. The maximum Gasteiger partial charge on any atom is 0.323 e. The van der Waals surface area contributed by atoms with Crippen molar-refractivity contribution in [3.63, 3.8) is 0 Å². The van der Waals surface area contributed by atoms with Crippen molar-refractivity contribution in [2.45, 2.75) is 10.3 Å². The Balaban J connectivity index is 2.39. The highest BCUT2D eigenvalue weighted by molar-refractivity contribution is 9.11. The number of nitrogens with one attached hydrogen (secondary N) is 1. The lowest BCUT2D eigenvalue weighted by Gasteiger charge is -2.31. The fraction of sp³-hybridized carbons (Fsp3) is 0.444. The summed E-state index contributed by atoms with van der Waals surface area (Å²) in [5, 5.41) is 12.3. The maximum atomic E-state index is 12.4. The molecule has 2 N–H and O–H groups in total. The van der Waals surface area contributed by atoms with E-state index >= 15 is 0 Å². The number of nitrogens with zero attached hydrogens (tertiary/aromatic N) is 1. The second-order valence-electron chi connectivity index (χ2n) is 3.86. The number of carboxylic acid groups (broad SMARTS) is 1. The predicted molar refractivity (Wildman–Crippen MR) is 75.2 cm³/mol. The standard InChI is InChI=1S/C9H10BrClN2O4S2/c10-8-5(11)3-7(18-8)19(16,17)13-2-1-12-4-6(13)9(14)15/h3,6,12H,1-2,4H2,(H,14,15). The first-order valence-corrected chi connectivity index (χ1v) is 8.67. The van der Waals surface area contributed by atoms with E-state index in [0.717, 1.165) is 15.6 Å². The summed E-state index contributed by atoms with van der Waals surface area (Å²) in [5.74, 6) is -1.17. The van der Waals surface area contributed by atoms with Crippen LogP contribution in [0.3, 0.4) is 0 Å². The van der Waals surface area contributed by atoms with E-state index in [9.17, 15) is 13.2 Å². The van der Waals surface area contributed by atoms with Gasteiger partial charge >= 0.3 is 5.97 Å². The van der Waals surface area contributed by atoms with Gasteiger partial charge in [-0.1, -0.05) is 11.6 Å². The Morgan fingerprint density at radius 2 is 2.32 bits per heavy atom. The average molecular weight is 390 g/mol. The summed E-state index contributed by atoms with van der Waals surface area (Å²) in [6, 6.07) is 0.227. The minimum absolute atomic E-state index is 0.0394. The number of hydrogen-bond acceptors (Lipinski definition) is 5. The van der Waals surface area contributed by atoms with Crippen molar-refractivity contribution in [3.8, 4) is 0 Å². The number of thiophene rings is 1. The normalized spacial score (nSPS) is 21.5. The molecule has 0 aliphatic carbocycles. The molecule has 1 atom stereocenters. The van der Waals surface area contributed by atoms with E-state index in [0.29, 0.717) is 15.4 Å². The van der Waals surface area contributed by atoms with Crippen molar-refractivity contribution in [2.75, 3.05) is 19.6 Å². The molecule has 1 aromatic rings. The van der Waals surface area contributed by atoms with Gasteiger partial charge in [-0.3, -0.25) is 4.79 Å². The average Bonchev–Trinajstić information content (AvgIpc) is 2.70. The molecule has 0 aromatic carbocycles. The molecule has 1 aromatic heterocycles. The molecule has 0 radical (unpaired) electrons. The van der Waals surface area contributed by atoms with Gasteiger partial charge in [-0.05, 0) is 22.0 Å². The number of sulfonamides is 1. The lowest BCUT2D eigenvalue weighted by Crippen LogP contribution is -2.56. The largest absolute Gasteiger partial charge is 0.480 e. The van der Waals surface area contributed by atoms with Crippen molar-refractivity contribution in [1.82, 2.24) is 9.62 Å². The van der Waals surface area contributed by atoms with Crippen LogP contribution in [0.5, 0.6) is 0 Å². The summed E-state index contributed by atoms with van der Waals surface area (Å²) >= 11 is 9.95. The van der Waals surface area contributed by atoms with E-state index in [2.05, 4.69) is 21.2 Å². The molecule has 0 bridgehead atoms. The van der Waals surface area contributed by atoms with Crippen molar-refractivity contribution in [3.05, 3.63) is 14.9 Å². The topological polar surface area (TPSA) is 86.7 Å². The lowest BCUT2D eigenvalue weighted by atomic mass is 10.2. The van der Waals surface area contributed by atoms with Gasteiger partial charge in [0.25, 0.3) is 10.0 Å². The molecular formula is C9H10BrClN2O4S2. The Bertz CT molecular complexity index is 584. The van der Waals surface area contributed by atoms with E-state index in [1.54, 1.807) is 0 Å². The number of aliphatic carboxylic acids is 1. The molecule has 6 nitrogen and oxygen atoms in total. The summed E-state index contributed by atoms with van der Waals surface area (Å²) in [4.78, 5) is 11.1. The number of rotatable bonds is 3. The Kier molecular flexibility index (Phi) is 4.53. The Morgan fingerprint density at radius 1 is 1.63 bits per heavy atom. The van der Waals surface area contributed by atoms with Gasteiger partial charge < -0.3 is 10.4 Å². The van der Waals surface area contributed by atoms with Crippen LogP contribution in [0.2, 0.25) is 5.02 Å². The van der Waals surface area contributed by atoms with Crippen LogP contribution in [0.4, 0.5) is 0 Å². The van der Waals surface area contributed by atoms with E-state index in [1.807, 2.05) is 0 Å². The minimum Gasteiger partial charge on any atom is -0.480 e. The van der Waals surface area contributed by atoms with E-state index in [4.69, 9.17) is 16.7 Å². The van der Waals surface area contributed by atoms with Crippen LogP contribution in [0.1, 0.15) is 0 Å². The molecule has 1 fully saturated rings. The third-order valence-electron chi connectivity index (χ3n) is 2.66. The van der Waals surface area contributed by atoms with Crippen LogP contribution < -0.4 is 5.32 Å². The summed E-state index contributed by atoms with van der Waals surface area (Å²) in [5.41, 5.74) is 0. The number of piperazine rings is 1. The maximum absolute atomic E-state index is 12.4. The summed E-state index contributed by atoms with van der Waals surface area (Å²) in [6.07, 6.45) is 0. The van der Waals surface area contributed by atoms with Crippen LogP contribution in [0.25, 0.3) is 0 Å². The molecule has 0 saturated carbocycles. The fourth-order valence-electron chi connectivity index (χ4n) is 1.75. The highest BCUT2D eigenvalue weighted by atomic mass is 79.9. The fourth-order valence-corrected chi connectivity index (χ4v) is 5.86. The van der Waals surface area contributed by atoms with Gasteiger partial charge in [0, 0.05) is 19.6 Å². The Morgan fingerprint density at radius 3 is 2.84 bits per heavy atom. The number of carbonyl (C=O) groups is 1. The van der Waals surface area contributed by atoms with Crippen LogP contribution in [0, 0.1) is 0 Å². The van der Waals surface area contributed by atoms with Gasteiger partial charge in [-0.2, -0.15) is 4.31 Å². The summed E-state index contributed by atoms with van der Waals surface area (Å²) in [6.45, 7) is 0.630. The number of carboxylic acids is 1. The van der Waals surface area contributed by atoms with Crippen LogP contribution in [-0.4, -0.2) is 49.5 Å². The Hall–Kier alpha value is -0.190. The first-order chi connectivity index (χ1) is 8.84. The zero-order valence-corrected chi connectivity index (χ0v) is 13.4. The van der Waals surface area contributed by atoms with E-state index in [-0.39, 0.29) is 17.3 Å². The molecule has 10 heteroatoms. The zero-order valence-electron chi connectivity index (χ0n) is 9.47. The van der Waals surface area contributed by atoms with E-state index < -0.39 is 22.0 Å². The first kappa shape index (κ1) is 15.2. The molecule has 1 unspecified atom stereocenters. The van der Waals surface area contributed by atoms with Gasteiger partial charge in [0.15, 0.2) is 0 Å². The molecule has 2 rings (SSSR count). The zero-order chi connectivity index (χ0) is 14.2. The second-order valence-corrected chi connectivity index (χ2v) is 8.76. The number of hydrogen-bond donors (Lipinski definition) is 2. The molecular weight excluding hydrogens is 380 g/mol. The smallest absolute Gasteiger partial charge is 0.323 e. The Labute approximate surface area is 127 Å². The van der Waals surface area contributed by atoms with Crippen LogP contribution >= 0.6 is 38.9 Å². The lowest BCUT2D eigenvalue weighted by molar-refractivity contribution is -0.141. The van der Waals surface area contributed by atoms with Crippen LogP contribution in [0.15, 0.2) is 14.1 Å². The highest BCUT2D eigenvalue weighted by Crippen LogP contribution is 2.36. The van der Waals surface area contributed by atoms with Gasteiger partial charge in [-0.15, -0.1) is 11.3 Å². The summed E-state index contributed by atoms with van der Waals surface area (Å²) < 4.78 is 26.4. The van der Waals surface area contributed by atoms with Crippen molar-refractivity contribution in [1.29, 1.82) is 0 Å². The first-order valence-electron chi connectivity index (χ1n) is 5.24. The molecule has 1 saturated heterocycles. The van der Waals surface area contributed by atoms with Crippen molar-refractivity contribution in [2.24, 2.45) is 0 Å². The molecule has 1 aliphatic heterocycles. The third-order valence-corrected chi connectivity index (χ3v) is 7.50. The van der Waals surface area contributed by atoms with Gasteiger partial charge in [0.1, 0.15) is 10.3 Å². The monoisotopic (exact) mass is 388 g/mol. The SMILES string of the molecule is O=C(O)C1CNCCN1S(=O)(=O)c1cc(Cl)c(Br)s1. The minimum atomic E-state index is -3.84. The molecule has 1 aliphatic rings. The van der Waals surface area contributed by atoms with Gasteiger partial charge in [0.2, 0.25) is 0 Å². The predicted octanol–water partition coefficient (Wildman–Crippen LogP) is 1.21. The van der Waals surface area contributed by atoms with E-state index in [1.165, 1.54) is 6.07 Å². The molecule has 0 amide bonds. The second kappa shape index (κ2) is 5.66. The third kappa shape index (κ3) is 2.96. The van der Waals surface area contributed by atoms with Gasteiger partial charge in [-0.25, -0.2) is 8.42 Å². The highest BCUT2D eigenvalue weighted by Gasteiger charge is 2.38. The molecule has 0 spiro atoms. The van der Waals surface area contributed by atoms with Crippen LogP contribution in [-0.2, 0) is 14.8 Å². The van der Waals surface area contributed by atoms with Crippen molar-refractivity contribution >= 4 is 54.9 Å². The molecule has 19 heavy (non-hydrogen) atoms. The summed E-state index contributed by atoms with van der Waals surface area (Å²) in [7, 11) is -3.84. The quantitative estimate of drug-likeness (QED) is 0.811.